The van der Waals surface area contributed by atoms with Gasteiger partial charge in [0, 0.05) is 18.4 Å². The molecule has 6 unspecified atom stereocenters. The number of nitrogens with zero attached hydrogens (tertiary/aromatic N) is 3. The molecule has 5 aliphatic rings. The molecule has 2 N–H and O–H groups in total. The molecular weight excluding hydrogens is 489 g/mol. The number of aromatic nitrogens is 2. The Kier molecular flexibility index (Phi) is 4.40. The summed E-state index contributed by atoms with van der Waals surface area (Å²) in [7, 11) is 1.54. The van der Waals surface area contributed by atoms with Crippen LogP contribution in [-0.2, 0) is 17.4 Å². The van der Waals surface area contributed by atoms with E-state index in [1.807, 2.05) is 6.07 Å². The first-order chi connectivity index (χ1) is 17.6. The lowest BCUT2D eigenvalue weighted by atomic mass is 9.36. The third-order valence-corrected chi connectivity index (χ3v) is 10.0. The lowest BCUT2D eigenvalue weighted by molar-refractivity contribution is -0.209. The average Bonchev–Trinajstić information content (AvgIpc) is 3.50. The third kappa shape index (κ3) is 2.74. The molecule has 1 amide bonds. The van der Waals surface area contributed by atoms with Crippen LogP contribution in [0, 0.1) is 29.1 Å². The fourth-order valence-electron chi connectivity index (χ4n) is 8.49. The van der Waals surface area contributed by atoms with Crippen LogP contribution in [0.3, 0.4) is 0 Å². The van der Waals surface area contributed by atoms with Crippen molar-refractivity contribution in [2.24, 2.45) is 29.1 Å². The van der Waals surface area contributed by atoms with Gasteiger partial charge < -0.3 is 20.1 Å². The number of carbonyl (C=O) groups is 2. The fourth-order valence-corrected chi connectivity index (χ4v) is 8.49. The summed E-state index contributed by atoms with van der Waals surface area (Å²) in [6, 6.07) is 5.27. The number of methoxy groups -OCH3 is 1. The van der Waals surface area contributed by atoms with Crippen molar-refractivity contribution in [2.45, 2.75) is 43.8 Å². The van der Waals surface area contributed by atoms with E-state index in [1.54, 1.807) is 17.0 Å². The molecule has 1 aromatic carbocycles. The highest BCUT2D eigenvalue weighted by Gasteiger charge is 2.83. The number of hydrogen-bond donors (Lipinski definition) is 2. The molecule has 11 heteroatoms. The molecule has 4 saturated carbocycles. The second kappa shape index (κ2) is 7.14. The minimum Gasteiger partial charge on any atom is -0.497 e. The van der Waals surface area contributed by atoms with Gasteiger partial charge in [-0.1, -0.05) is 0 Å². The Hall–Kier alpha value is -3.37. The van der Waals surface area contributed by atoms with Crippen LogP contribution in [0.5, 0.6) is 5.75 Å². The van der Waals surface area contributed by atoms with E-state index < -0.39 is 34.8 Å². The van der Waals surface area contributed by atoms with Crippen LogP contribution in [0.2, 0.25) is 0 Å². The molecule has 1 aliphatic heterocycles. The predicted octanol–water partition coefficient (Wildman–Crippen LogP) is 3.82. The molecule has 2 aromatic rings. The minimum atomic E-state index is -4.93. The van der Waals surface area contributed by atoms with Gasteiger partial charge in [0.15, 0.2) is 5.69 Å². The number of carboxylic acids is 1. The molecule has 0 saturated heterocycles. The highest BCUT2D eigenvalue weighted by molar-refractivity contribution is 5.99. The summed E-state index contributed by atoms with van der Waals surface area (Å²) in [5, 5.41) is 12.9. The first-order valence-electron chi connectivity index (χ1n) is 12.5. The van der Waals surface area contributed by atoms with E-state index in [9.17, 15) is 27.9 Å². The summed E-state index contributed by atoms with van der Waals surface area (Å²) in [6.07, 6.45) is -0.277. The van der Waals surface area contributed by atoms with Gasteiger partial charge >= 0.3 is 12.1 Å². The van der Waals surface area contributed by atoms with Crippen LogP contribution in [0.4, 0.5) is 24.8 Å². The minimum absolute atomic E-state index is 0.0601. The van der Waals surface area contributed by atoms with Crippen molar-refractivity contribution < 1.29 is 32.6 Å². The Morgan fingerprint density at radius 2 is 1.95 bits per heavy atom. The number of carboxylic acid groups (broad SMARTS) is 1. The van der Waals surface area contributed by atoms with Crippen LogP contribution in [0.15, 0.2) is 24.4 Å². The Balaban J connectivity index is 1.22. The zero-order chi connectivity index (χ0) is 25.9. The average molecular weight is 515 g/mol. The first-order valence-corrected chi connectivity index (χ1v) is 12.5. The van der Waals surface area contributed by atoms with Crippen LogP contribution >= 0.6 is 0 Å². The number of halogens is 3. The Bertz CT molecular complexity index is 1370. The maximum Gasteiger partial charge on any atom is 0.434 e. The van der Waals surface area contributed by atoms with Gasteiger partial charge in [0.05, 0.1) is 12.7 Å². The summed E-state index contributed by atoms with van der Waals surface area (Å²) in [5.41, 5.74) is -2.16. The van der Waals surface area contributed by atoms with Crippen LogP contribution in [0.25, 0.3) is 0 Å². The number of aliphatic carboxylic acids is 1. The Morgan fingerprint density at radius 3 is 2.62 bits per heavy atom. The maximum absolute atomic E-state index is 14.2. The molecule has 6 atom stereocenters. The Morgan fingerprint density at radius 1 is 1.19 bits per heavy atom. The van der Waals surface area contributed by atoms with Gasteiger partial charge in [-0.15, -0.1) is 0 Å². The number of ether oxygens (including phenoxy) is 1. The zero-order valence-electron chi connectivity index (χ0n) is 20.0. The molecule has 1 spiro atoms. The van der Waals surface area contributed by atoms with Gasteiger partial charge in [-0.05, 0) is 85.0 Å². The number of carbonyl (C=O) groups excluding carboxylic acids is 1. The van der Waals surface area contributed by atoms with Crippen molar-refractivity contribution in [1.29, 1.82) is 0 Å². The van der Waals surface area contributed by atoms with Crippen LogP contribution in [-0.4, -0.2) is 46.1 Å². The summed E-state index contributed by atoms with van der Waals surface area (Å²) < 4.78 is 47.7. The Labute approximate surface area is 210 Å². The van der Waals surface area contributed by atoms with E-state index >= 15 is 0 Å². The summed E-state index contributed by atoms with van der Waals surface area (Å²) in [6.45, 7) is 0.376. The smallest absolute Gasteiger partial charge is 0.434 e. The molecule has 8 nitrogen and oxygen atoms in total. The summed E-state index contributed by atoms with van der Waals surface area (Å²) >= 11 is 0. The quantitative estimate of drug-likeness (QED) is 0.625. The van der Waals surface area contributed by atoms with E-state index in [2.05, 4.69) is 15.3 Å². The lowest BCUT2D eigenvalue weighted by Crippen LogP contribution is -2.73. The van der Waals surface area contributed by atoms with Gasteiger partial charge in [0.1, 0.15) is 11.3 Å². The van der Waals surface area contributed by atoms with Gasteiger partial charge in [0.25, 0.3) is 5.91 Å². The van der Waals surface area contributed by atoms with Crippen molar-refractivity contribution >= 4 is 23.5 Å². The second-order valence-electron chi connectivity index (χ2n) is 11.1. The largest absolute Gasteiger partial charge is 0.497 e. The number of nitrogens with one attached hydrogen (secondary N) is 1. The molecule has 194 valence electrons. The number of amides is 1. The maximum atomic E-state index is 14.2. The molecule has 4 aliphatic carbocycles. The van der Waals surface area contributed by atoms with Crippen molar-refractivity contribution in [2.75, 3.05) is 18.6 Å². The van der Waals surface area contributed by atoms with E-state index in [4.69, 9.17) is 4.74 Å². The number of fused-ring (bicyclic) bond motifs is 2. The van der Waals surface area contributed by atoms with Crippen molar-refractivity contribution in [1.82, 2.24) is 15.3 Å². The number of rotatable bonds is 5. The van der Waals surface area contributed by atoms with E-state index in [-0.39, 0.29) is 23.2 Å². The summed E-state index contributed by atoms with van der Waals surface area (Å²) in [5.74, 6) is -1.34. The van der Waals surface area contributed by atoms with Gasteiger partial charge in [0.2, 0.25) is 5.95 Å². The highest BCUT2D eigenvalue weighted by Crippen LogP contribution is 2.83. The van der Waals surface area contributed by atoms with Crippen molar-refractivity contribution in [3.63, 3.8) is 0 Å². The SMILES string of the molecule is COc1ccc2c(c1)CCN2c1ncc(C(=O)NC2(C(=O)O)C3CC4CC5CC2C45C3)c(C(F)(F)F)n1. The zero-order valence-corrected chi connectivity index (χ0v) is 20.0. The molecular formula is C26H25F3N4O4. The van der Waals surface area contributed by atoms with Crippen molar-refractivity contribution in [3.05, 3.63) is 41.2 Å². The summed E-state index contributed by atoms with van der Waals surface area (Å²) in [4.78, 5) is 35.4. The molecule has 1 aromatic heterocycles. The van der Waals surface area contributed by atoms with E-state index in [1.165, 1.54) is 7.11 Å². The second-order valence-corrected chi connectivity index (χ2v) is 11.1. The standard InChI is InChI=1S/C26H25F3N4O4/c1-37-16-2-3-18-12(6-16)4-5-33(18)23-30-11-17(20(31-23)26(27,28)29)21(34)32-25(22(35)36)15-8-13-7-14-9-19(25)24(13,14)10-15/h2-3,6,11,13-15,19H,4-5,7-10H2,1H3,(H,32,34)(H,35,36). The van der Waals surface area contributed by atoms with Gasteiger partial charge in [-0.3, -0.25) is 4.79 Å². The third-order valence-electron chi connectivity index (χ3n) is 10.0. The molecule has 2 heterocycles. The molecule has 4 fully saturated rings. The van der Waals surface area contributed by atoms with E-state index in [0.29, 0.717) is 49.1 Å². The predicted molar refractivity (Wildman–Crippen MR) is 123 cm³/mol. The monoisotopic (exact) mass is 514 g/mol. The number of benzene rings is 1. The van der Waals surface area contributed by atoms with E-state index in [0.717, 1.165) is 24.6 Å². The number of alkyl halides is 3. The first kappa shape index (κ1) is 22.8. The van der Waals surface area contributed by atoms with Crippen LogP contribution < -0.4 is 15.0 Å². The molecule has 2 bridgehead atoms. The van der Waals surface area contributed by atoms with Gasteiger partial charge in [-0.2, -0.15) is 13.2 Å². The molecule has 37 heavy (non-hydrogen) atoms. The topological polar surface area (TPSA) is 105 Å². The van der Waals surface area contributed by atoms with Crippen LogP contribution in [0.1, 0.15) is 47.3 Å². The van der Waals surface area contributed by atoms with Gasteiger partial charge in [-0.25, -0.2) is 14.8 Å². The molecule has 0 radical (unpaired) electrons. The lowest BCUT2D eigenvalue weighted by Gasteiger charge is -2.69. The number of hydrogen-bond acceptors (Lipinski definition) is 6. The van der Waals surface area contributed by atoms with Crippen molar-refractivity contribution in [3.8, 4) is 5.75 Å². The normalized spacial score (nSPS) is 34.3. The fraction of sp³-hybridized carbons (Fsp3) is 0.538. The molecule has 7 rings (SSSR count). The number of anilines is 2. The highest BCUT2D eigenvalue weighted by atomic mass is 19.4.